The number of ether oxygens (including phenoxy) is 1. The number of hydrogen-bond acceptors (Lipinski definition) is 25. The number of phenolic OH excluding ortho intramolecular Hbond substituents is 1. The van der Waals surface area contributed by atoms with Crippen molar-refractivity contribution < 1.29 is 102 Å². The number of primary amides is 3. The average molecular weight is 1540 g/mol. The number of phenols is 1. The lowest BCUT2D eigenvalue weighted by atomic mass is 9.96. The average Bonchev–Trinajstić information content (AvgIpc) is 1.76. The molecule has 3 saturated heterocycles. The van der Waals surface area contributed by atoms with Gasteiger partial charge in [-0.25, -0.2) is 0 Å². The number of nitrogens with zero attached hydrogens (tertiary/aromatic N) is 5. The van der Waals surface area contributed by atoms with Crippen LogP contribution in [0.3, 0.4) is 0 Å². The van der Waals surface area contributed by atoms with Gasteiger partial charge in [-0.3, -0.25) is 91.5 Å². The van der Waals surface area contributed by atoms with E-state index in [1.807, 2.05) is 4.90 Å². The number of carboxylic acids is 3. The van der Waals surface area contributed by atoms with Crippen LogP contribution >= 0.6 is 21.6 Å². The Morgan fingerprint density at radius 2 is 1.19 bits per heavy atom. The summed E-state index contributed by atoms with van der Waals surface area (Å²) in [7, 11) is 1.94. The summed E-state index contributed by atoms with van der Waals surface area (Å²) in [5.41, 5.74) is 23.5. The van der Waals surface area contributed by atoms with Gasteiger partial charge in [-0.2, -0.15) is 0 Å². The van der Waals surface area contributed by atoms with Gasteiger partial charge in [-0.05, 0) is 86.4 Å². The molecule has 3 fully saturated rings. The lowest BCUT2D eigenvalue weighted by molar-refractivity contribution is -0.142. The number of unbranched alkanes of at least 4 members (excludes halogenated alkanes) is 1. The third-order valence-corrected chi connectivity index (χ3v) is 20.3. The molecular weight excluding hydrogens is 1440 g/mol. The largest absolute Gasteiger partial charge is 0.508 e. The van der Waals surface area contributed by atoms with E-state index in [0.29, 0.717) is 17.7 Å². The minimum Gasteiger partial charge on any atom is -0.508 e. The van der Waals surface area contributed by atoms with Gasteiger partial charge in [0.2, 0.25) is 65.0 Å². The van der Waals surface area contributed by atoms with Gasteiger partial charge in [-0.15, -0.1) is 0 Å². The Morgan fingerprint density at radius 1 is 0.636 bits per heavy atom. The SMILES string of the molecule is CC[C@H](C)[C@@H]1NC(=O)[C@H](Cc2ccc(O)cc2)NC(=O)[C@@H](N)CSSC[C@@H](C(=O)N2CCC[C@H]2C(=O)N[C@@H](CCCCNC(=O)c2ccc(OCC(O)CN3CCN(CC(=O)O)CCN(CC(=O)O)CCN(CC(=O)O)CC3)cc2)C(=O)NCC(N)=O)NC(=O)[C@H](CC(N)=O)NC(=O)C(CCC(N)=O)NC1=O. The molecule has 0 saturated carbocycles. The van der Waals surface area contributed by atoms with Gasteiger partial charge in [0, 0.05) is 102 Å². The van der Waals surface area contributed by atoms with Crippen molar-refractivity contribution in [2.24, 2.45) is 28.9 Å². The number of carboxylic acid groups (broad SMARTS) is 3. The molecule has 0 aliphatic carbocycles. The quantitative estimate of drug-likeness (QED) is 0.0240. The normalized spacial score (nSPS) is 22.2. The molecule has 40 heteroatoms. The van der Waals surface area contributed by atoms with Crippen molar-refractivity contribution in [2.75, 3.05) is 116 Å². The highest BCUT2D eigenvalue weighted by molar-refractivity contribution is 8.76. The summed E-state index contributed by atoms with van der Waals surface area (Å²) in [5.74, 6) is -14.7. The summed E-state index contributed by atoms with van der Waals surface area (Å²) >= 11 is 0. The molecule has 0 spiro atoms. The highest BCUT2D eigenvalue weighted by Gasteiger charge is 2.41. The number of amides is 12. The van der Waals surface area contributed by atoms with Gasteiger partial charge in [0.1, 0.15) is 66.5 Å². The van der Waals surface area contributed by atoms with Gasteiger partial charge in [0.05, 0.1) is 38.6 Å². The van der Waals surface area contributed by atoms with Crippen LogP contribution in [0.15, 0.2) is 48.5 Å². The Balaban J connectivity index is 1.25. The second-order valence-electron chi connectivity index (χ2n) is 26.3. The molecule has 12 amide bonds. The van der Waals surface area contributed by atoms with Crippen LogP contribution in [-0.4, -0.2) is 310 Å². The molecular formula is C67H101N17O21S2. The molecule has 38 nitrogen and oxygen atoms in total. The lowest BCUT2D eigenvalue weighted by Gasteiger charge is -2.33. The number of hydrogen-bond donors (Lipinski definition) is 17. The number of nitrogens with one attached hydrogen (secondary N) is 8. The van der Waals surface area contributed by atoms with Gasteiger partial charge in [0.15, 0.2) is 0 Å². The maximum absolute atomic E-state index is 14.9. The maximum Gasteiger partial charge on any atom is 0.317 e. The first-order valence-electron chi connectivity index (χ1n) is 35.1. The number of aliphatic hydroxyl groups is 1. The van der Waals surface area contributed by atoms with Crippen LogP contribution < -0.4 is 70.2 Å². The molecule has 5 rings (SSSR count). The van der Waals surface area contributed by atoms with Crippen LogP contribution in [0.4, 0.5) is 0 Å². The molecule has 592 valence electrons. The minimum atomic E-state index is -1.83. The van der Waals surface area contributed by atoms with E-state index in [1.54, 1.807) is 28.5 Å². The first-order valence-corrected chi connectivity index (χ1v) is 37.5. The van der Waals surface area contributed by atoms with E-state index in [4.69, 9.17) is 27.7 Å². The second-order valence-corrected chi connectivity index (χ2v) is 28.9. The van der Waals surface area contributed by atoms with Crippen LogP contribution in [0.1, 0.15) is 87.6 Å². The van der Waals surface area contributed by atoms with E-state index in [0.717, 1.165) is 26.5 Å². The number of aliphatic carboxylic acids is 3. The summed E-state index contributed by atoms with van der Waals surface area (Å²) in [4.78, 5) is 207. The molecule has 10 atom stereocenters. The standard InChI is InChI=1S/C67H101N17O21S2/c1-3-39(2)58-66(103)75-47(17-18-52(69)87)62(99)77-49(30-53(70)88)63(100)78-50(38-107-106-37-45(68)60(97)76-48(64(101)79-58)29-40-9-13-42(85)14-10-40)67(104)84-20-6-8-51(84)65(102)74-46(61(98)73-31-54(71)89)7-4-5-19-72-59(96)41-11-15-44(16-12-41)105-36-43(86)32-80-21-23-81(33-55(90)91)25-27-83(35-57(94)95)28-26-82(24-22-80)34-56(92)93/h9-16,39,43,45-51,58,85-86H,3-8,17-38,68H2,1-2H3,(H2,69,87)(H2,70,88)(H2,71,89)(H,72,96)(H,73,98)(H,74,102)(H,75,103)(H,76,97)(H,77,99)(H,78,100)(H,79,101)(H,90,91)(H,92,93)(H,94,95)/t39-,43?,45-,46-,47?,48-,49-,50-,51-,58-/m0/s1. The molecule has 3 aliphatic heterocycles. The van der Waals surface area contributed by atoms with E-state index in [9.17, 15) is 97.5 Å². The summed E-state index contributed by atoms with van der Waals surface area (Å²) in [6, 6.07) is 0.0592. The van der Waals surface area contributed by atoms with Gasteiger partial charge in [-0.1, -0.05) is 54.0 Å². The molecule has 107 heavy (non-hydrogen) atoms. The summed E-state index contributed by atoms with van der Waals surface area (Å²) in [6.45, 7) is 3.67. The summed E-state index contributed by atoms with van der Waals surface area (Å²) in [5, 5.41) is 70.3. The highest BCUT2D eigenvalue weighted by atomic mass is 33.1. The van der Waals surface area contributed by atoms with Crippen LogP contribution in [0, 0.1) is 5.92 Å². The van der Waals surface area contributed by atoms with Crippen molar-refractivity contribution in [3.63, 3.8) is 0 Å². The Kier molecular flexibility index (Phi) is 37.3. The smallest absolute Gasteiger partial charge is 0.317 e. The Morgan fingerprint density at radius 3 is 1.75 bits per heavy atom. The van der Waals surface area contributed by atoms with E-state index in [2.05, 4.69) is 42.5 Å². The number of rotatable bonds is 32. The number of carbonyl (C=O) groups is 15. The van der Waals surface area contributed by atoms with E-state index in [-0.39, 0.29) is 160 Å². The molecule has 3 aliphatic rings. The molecule has 2 unspecified atom stereocenters. The second kappa shape index (κ2) is 45.3. The first-order chi connectivity index (χ1) is 50.8. The number of benzene rings is 2. The zero-order chi connectivity index (χ0) is 78.9. The first kappa shape index (κ1) is 88.2. The third-order valence-electron chi connectivity index (χ3n) is 17.8. The number of likely N-dealkylation sites (tertiary alicyclic amines) is 1. The van der Waals surface area contributed by atoms with Crippen molar-refractivity contribution in [1.29, 1.82) is 0 Å². The zero-order valence-electron chi connectivity index (χ0n) is 59.8. The van der Waals surface area contributed by atoms with Crippen LogP contribution in [0.2, 0.25) is 0 Å². The monoisotopic (exact) mass is 1540 g/mol. The molecule has 21 N–H and O–H groups in total. The number of β-amino-alcohol motifs (C(OH)–C–C–N with tert-alkyl or cyclic N) is 1. The Labute approximate surface area is 625 Å². The van der Waals surface area contributed by atoms with Crippen molar-refractivity contribution in [3.05, 3.63) is 59.7 Å². The van der Waals surface area contributed by atoms with Crippen LogP contribution in [-0.2, 0) is 73.5 Å². The summed E-state index contributed by atoms with van der Waals surface area (Å²) < 4.78 is 5.85. The van der Waals surface area contributed by atoms with Gasteiger partial charge < -0.3 is 101 Å². The fraction of sp³-hybridized carbons (Fsp3) is 0.597. The van der Waals surface area contributed by atoms with Crippen molar-refractivity contribution >= 4 is 110 Å². The van der Waals surface area contributed by atoms with Crippen molar-refractivity contribution in [1.82, 2.24) is 67.0 Å². The predicted molar refractivity (Wildman–Crippen MR) is 388 cm³/mol. The Hall–Kier alpha value is -9.45. The van der Waals surface area contributed by atoms with E-state index >= 15 is 0 Å². The Bertz CT molecular complexity index is 3370. The van der Waals surface area contributed by atoms with Gasteiger partial charge in [0.25, 0.3) is 5.91 Å². The lowest BCUT2D eigenvalue weighted by Crippen LogP contribution is -2.61. The number of aliphatic hydroxyl groups excluding tert-OH is 1. The third kappa shape index (κ3) is 31.9. The number of aromatic hydroxyl groups is 1. The number of nitrogens with two attached hydrogens (primary N) is 4. The maximum atomic E-state index is 14.9. The minimum absolute atomic E-state index is 0.0542. The topological polar surface area (TPSA) is 583 Å². The van der Waals surface area contributed by atoms with Gasteiger partial charge >= 0.3 is 17.9 Å². The van der Waals surface area contributed by atoms with E-state index in [1.165, 1.54) is 48.5 Å². The predicted octanol–water partition coefficient (Wildman–Crippen LogP) is -5.84. The molecule has 2 aromatic carbocycles. The fourth-order valence-corrected chi connectivity index (χ4v) is 14.0. The molecule has 0 radical (unpaired) electrons. The van der Waals surface area contributed by atoms with E-state index < -0.39 is 175 Å². The van der Waals surface area contributed by atoms with Crippen LogP contribution in [0.5, 0.6) is 11.5 Å². The zero-order valence-corrected chi connectivity index (χ0v) is 61.5. The van der Waals surface area contributed by atoms with Crippen molar-refractivity contribution in [2.45, 2.75) is 132 Å². The molecule has 0 bridgehead atoms. The fourth-order valence-electron chi connectivity index (χ4n) is 11.7. The molecule has 2 aromatic rings. The molecule has 3 heterocycles. The van der Waals surface area contributed by atoms with Crippen LogP contribution in [0.25, 0.3) is 0 Å². The summed E-state index contributed by atoms with van der Waals surface area (Å²) in [6.07, 6.45) is -2.00. The van der Waals surface area contributed by atoms with Crippen molar-refractivity contribution in [3.8, 4) is 11.5 Å². The number of carbonyl (C=O) groups excluding carboxylic acids is 12. The highest BCUT2D eigenvalue weighted by Crippen LogP contribution is 2.27. The molecule has 0 aromatic heterocycles.